The van der Waals surface area contributed by atoms with Gasteiger partial charge in [-0.2, -0.15) is 13.9 Å². The van der Waals surface area contributed by atoms with Crippen molar-refractivity contribution in [3.05, 3.63) is 17.4 Å². The van der Waals surface area contributed by atoms with E-state index in [4.69, 9.17) is 4.74 Å². The van der Waals surface area contributed by atoms with Crippen molar-refractivity contribution >= 4 is 21.7 Å². The van der Waals surface area contributed by atoms with Crippen LogP contribution in [0.3, 0.4) is 0 Å². The third-order valence-corrected chi connectivity index (χ3v) is 5.58. The van der Waals surface area contributed by atoms with E-state index in [1.165, 1.54) is 34.8 Å². The number of aryl methyl sites for hydroxylation is 1. The van der Waals surface area contributed by atoms with Crippen LogP contribution in [0.25, 0.3) is 32.7 Å². The lowest BCUT2D eigenvalue weighted by atomic mass is 10.0. The number of aliphatic hydroxyl groups excluding tert-OH is 1. The van der Waals surface area contributed by atoms with E-state index in [1.807, 2.05) is 0 Å². The average Bonchev–Trinajstić information content (AvgIpc) is 3.42. The number of H-pyrrole nitrogens is 1. The first-order valence-electron chi connectivity index (χ1n) is 8.97. The number of hydrogen-bond acceptors (Lipinski definition) is 7. The summed E-state index contributed by atoms with van der Waals surface area (Å²) in [5.41, 5.74) is 1.95. The zero-order chi connectivity index (χ0) is 21.9. The van der Waals surface area contributed by atoms with Gasteiger partial charge in [-0.1, -0.05) is 0 Å². The van der Waals surface area contributed by atoms with Crippen LogP contribution in [-0.4, -0.2) is 54.0 Å². The Morgan fingerprint density at radius 3 is 2.84 bits per heavy atom. The van der Waals surface area contributed by atoms with Crippen LogP contribution < -0.4 is 9.47 Å². The second-order valence-corrected chi connectivity index (χ2v) is 7.67. The molecule has 0 saturated heterocycles. The SMILES string of the molecule is Cn1cc(-c2c(-c3c(C(F)F)nn4c3OC[C@@H](O)C4)[nH]c3ncsc23)c(OC(F)F)n1. The fourth-order valence-corrected chi connectivity index (χ4v) is 4.42. The summed E-state index contributed by atoms with van der Waals surface area (Å²) in [5.74, 6) is -0.319. The Labute approximate surface area is 174 Å². The molecule has 0 radical (unpaired) electrons. The first-order valence-corrected chi connectivity index (χ1v) is 9.85. The molecule has 0 aliphatic carbocycles. The smallest absolute Gasteiger partial charge is 0.388 e. The van der Waals surface area contributed by atoms with Crippen molar-refractivity contribution in [3.63, 3.8) is 0 Å². The van der Waals surface area contributed by atoms with Gasteiger partial charge in [0.1, 0.15) is 24.1 Å². The van der Waals surface area contributed by atoms with Crippen molar-refractivity contribution in [2.75, 3.05) is 6.61 Å². The molecule has 0 unspecified atom stereocenters. The quantitative estimate of drug-likeness (QED) is 0.446. The Morgan fingerprint density at radius 1 is 1.29 bits per heavy atom. The van der Waals surface area contributed by atoms with Gasteiger partial charge >= 0.3 is 6.61 Å². The van der Waals surface area contributed by atoms with Gasteiger partial charge in [0.05, 0.1) is 33.6 Å². The highest BCUT2D eigenvalue weighted by Crippen LogP contribution is 2.48. The monoisotopic (exact) mass is 458 g/mol. The molecule has 1 aliphatic rings. The summed E-state index contributed by atoms with van der Waals surface area (Å²) in [4.78, 5) is 7.16. The summed E-state index contributed by atoms with van der Waals surface area (Å²) < 4.78 is 66.8. The number of thiazole rings is 1. The third kappa shape index (κ3) is 3.22. The molecule has 5 heterocycles. The number of aromatic nitrogens is 6. The minimum atomic E-state index is -3.13. The van der Waals surface area contributed by atoms with Gasteiger partial charge in [0.2, 0.25) is 11.8 Å². The predicted octanol–water partition coefficient (Wildman–Crippen LogP) is 3.18. The summed E-state index contributed by atoms with van der Waals surface area (Å²) in [7, 11) is 1.52. The van der Waals surface area contributed by atoms with E-state index in [1.54, 1.807) is 0 Å². The minimum Gasteiger partial charge on any atom is -0.475 e. The van der Waals surface area contributed by atoms with E-state index >= 15 is 0 Å². The standard InChI is InChI=1S/C17H14F4N6O3S/c1-26-3-7(15(25-26)30-17(20)21)8-10(23-14-12(8)31-5-22-14)9-11(13(18)19)24-27-2-6(28)4-29-16(9)27/h3,5-6,13,17,23,28H,2,4H2,1H3/t6-/m0/s1. The second-order valence-electron chi connectivity index (χ2n) is 6.82. The Balaban J connectivity index is 1.79. The highest BCUT2D eigenvalue weighted by Gasteiger charge is 2.34. The molecule has 0 bridgehead atoms. The molecule has 0 saturated carbocycles. The maximum absolute atomic E-state index is 13.9. The van der Waals surface area contributed by atoms with Crippen LogP contribution >= 0.6 is 11.3 Å². The van der Waals surface area contributed by atoms with Gasteiger partial charge in [-0.05, 0) is 0 Å². The van der Waals surface area contributed by atoms with E-state index in [2.05, 4.69) is 24.9 Å². The van der Waals surface area contributed by atoms with Crippen LogP contribution in [0, 0.1) is 0 Å². The summed E-state index contributed by atoms with van der Waals surface area (Å²) in [5, 5.41) is 17.7. The first kappa shape index (κ1) is 19.8. The zero-order valence-corrected chi connectivity index (χ0v) is 16.5. The number of alkyl halides is 4. The Hall–Kier alpha value is -3.13. The lowest BCUT2D eigenvalue weighted by molar-refractivity contribution is -0.0527. The molecule has 4 aromatic rings. The summed E-state index contributed by atoms with van der Waals surface area (Å²) >= 11 is 1.20. The number of nitrogens with zero attached hydrogens (tertiary/aromatic N) is 5. The van der Waals surface area contributed by atoms with Crippen LogP contribution in [0.5, 0.6) is 11.8 Å². The Kier molecular flexibility index (Phi) is 4.62. The summed E-state index contributed by atoms with van der Waals surface area (Å²) in [6, 6.07) is 0. The fourth-order valence-electron chi connectivity index (χ4n) is 3.61. The Bertz CT molecular complexity index is 1260. The first-order chi connectivity index (χ1) is 14.8. The molecule has 2 N–H and O–H groups in total. The molecule has 0 fully saturated rings. The van der Waals surface area contributed by atoms with Crippen molar-refractivity contribution in [2.24, 2.45) is 7.05 Å². The number of hydrogen-bond donors (Lipinski definition) is 2. The lowest BCUT2D eigenvalue weighted by Gasteiger charge is -2.20. The van der Waals surface area contributed by atoms with E-state index < -0.39 is 24.8 Å². The van der Waals surface area contributed by atoms with E-state index in [9.17, 15) is 22.7 Å². The van der Waals surface area contributed by atoms with Crippen LogP contribution in [0.2, 0.25) is 0 Å². The Morgan fingerprint density at radius 2 is 2.10 bits per heavy atom. The molecular formula is C17H14F4N6O3S. The average molecular weight is 458 g/mol. The number of halogens is 4. The largest absolute Gasteiger partial charge is 0.475 e. The fraction of sp³-hybridized carbons (Fsp3) is 0.353. The van der Waals surface area contributed by atoms with Crippen molar-refractivity contribution < 1.29 is 32.1 Å². The molecule has 0 amide bonds. The van der Waals surface area contributed by atoms with Crippen LogP contribution in [0.15, 0.2) is 11.7 Å². The molecule has 5 rings (SSSR count). The van der Waals surface area contributed by atoms with Gasteiger partial charge in [0.15, 0.2) is 0 Å². The normalized spacial score (nSPS) is 16.3. The van der Waals surface area contributed by atoms with E-state index in [0.29, 0.717) is 15.9 Å². The molecule has 14 heteroatoms. The molecule has 1 aliphatic heterocycles. The lowest BCUT2D eigenvalue weighted by Crippen LogP contribution is -2.30. The van der Waals surface area contributed by atoms with Crippen molar-refractivity contribution in [3.8, 4) is 34.1 Å². The van der Waals surface area contributed by atoms with Gasteiger partial charge in [-0.3, -0.25) is 4.68 Å². The predicted molar refractivity (Wildman–Crippen MR) is 100 cm³/mol. The van der Waals surface area contributed by atoms with Crippen molar-refractivity contribution in [1.29, 1.82) is 0 Å². The molecule has 31 heavy (non-hydrogen) atoms. The highest BCUT2D eigenvalue weighted by atomic mass is 32.1. The third-order valence-electron chi connectivity index (χ3n) is 4.74. The number of ether oxygens (including phenoxy) is 2. The molecule has 0 aromatic carbocycles. The molecule has 4 aromatic heterocycles. The van der Waals surface area contributed by atoms with Gasteiger partial charge in [0, 0.05) is 18.8 Å². The number of nitrogens with one attached hydrogen (secondary N) is 1. The molecule has 0 spiro atoms. The zero-order valence-electron chi connectivity index (χ0n) is 15.7. The minimum absolute atomic E-state index is 0.0235. The van der Waals surface area contributed by atoms with Crippen LogP contribution in [0.4, 0.5) is 17.6 Å². The highest BCUT2D eigenvalue weighted by molar-refractivity contribution is 7.17. The van der Waals surface area contributed by atoms with Gasteiger partial charge in [-0.15, -0.1) is 16.4 Å². The number of fused-ring (bicyclic) bond motifs is 2. The molecule has 9 nitrogen and oxygen atoms in total. The van der Waals surface area contributed by atoms with Gasteiger partial charge < -0.3 is 19.6 Å². The maximum Gasteiger partial charge on any atom is 0.388 e. The number of aromatic amines is 1. The molecular weight excluding hydrogens is 444 g/mol. The summed E-state index contributed by atoms with van der Waals surface area (Å²) in [6.07, 6.45) is -2.41. The van der Waals surface area contributed by atoms with E-state index in [-0.39, 0.29) is 41.7 Å². The number of aliphatic hydroxyl groups is 1. The van der Waals surface area contributed by atoms with Crippen molar-refractivity contribution in [2.45, 2.75) is 25.7 Å². The van der Waals surface area contributed by atoms with Gasteiger partial charge in [0.25, 0.3) is 6.43 Å². The second kappa shape index (κ2) is 7.23. The maximum atomic E-state index is 13.9. The summed E-state index contributed by atoms with van der Waals surface area (Å²) in [6.45, 7) is -3.25. The van der Waals surface area contributed by atoms with Crippen LogP contribution in [-0.2, 0) is 13.6 Å². The number of rotatable bonds is 5. The van der Waals surface area contributed by atoms with Crippen molar-refractivity contribution in [1.82, 2.24) is 29.5 Å². The molecule has 1 atom stereocenters. The van der Waals surface area contributed by atoms with E-state index in [0.717, 1.165) is 4.68 Å². The van der Waals surface area contributed by atoms with Gasteiger partial charge in [-0.25, -0.2) is 18.4 Å². The van der Waals surface area contributed by atoms with Crippen LogP contribution in [0.1, 0.15) is 12.1 Å². The topological polar surface area (TPSA) is 103 Å². The molecule has 164 valence electrons.